The quantitative estimate of drug-likeness (QED) is 0.229. The lowest BCUT2D eigenvalue weighted by Gasteiger charge is -2.06. The first-order valence-corrected chi connectivity index (χ1v) is 4.63. The Morgan fingerprint density at radius 3 is 1.48 bits per heavy atom. The summed E-state index contributed by atoms with van der Waals surface area (Å²) < 4.78 is 9.92. The Kier molecular flexibility index (Phi) is 10.9. The smallest absolute Gasteiger partial charge is 0.449 e. The van der Waals surface area contributed by atoms with E-state index in [1.54, 1.807) is 0 Å². The molecule has 0 aromatic carbocycles. The number of aliphatic hydroxyl groups is 3. The van der Waals surface area contributed by atoms with E-state index in [1.807, 2.05) is 0 Å². The summed E-state index contributed by atoms with van der Waals surface area (Å²) in [5, 5.41) is 40.4. The molecule has 0 fully saturated rings. The average molecular weight is 314 g/mol. The molecule has 0 heterocycles. The van der Waals surface area contributed by atoms with Gasteiger partial charge < -0.3 is 44.5 Å². The summed E-state index contributed by atoms with van der Waals surface area (Å²) in [5.41, 5.74) is 0. The van der Waals surface area contributed by atoms with Crippen LogP contribution in [0.3, 0.4) is 0 Å². The van der Waals surface area contributed by atoms with Crippen molar-refractivity contribution in [1.82, 2.24) is 0 Å². The second-order valence-electron chi connectivity index (χ2n) is 2.71. The van der Waals surface area contributed by atoms with Gasteiger partial charge in [-0.2, -0.15) is 0 Å². The van der Waals surface area contributed by atoms with Crippen molar-refractivity contribution in [3.63, 3.8) is 0 Å². The number of rotatable bonds is 3. The molecule has 0 aromatic heterocycles. The summed E-state index contributed by atoms with van der Waals surface area (Å²) in [6.07, 6.45) is -10.5. The van der Waals surface area contributed by atoms with Crippen molar-refractivity contribution in [3.8, 4) is 0 Å². The predicted octanol–water partition coefficient (Wildman–Crippen LogP) is -1.47. The van der Waals surface area contributed by atoms with Crippen LogP contribution in [0.1, 0.15) is 0 Å². The van der Waals surface area contributed by atoms with Gasteiger partial charge in [-0.3, -0.25) is 0 Å². The first-order chi connectivity index (χ1) is 9.63. The highest BCUT2D eigenvalue weighted by Crippen LogP contribution is 1.91. The second kappa shape index (κ2) is 11.1. The molecule has 5 N–H and O–H groups in total. The monoisotopic (exact) mass is 314 g/mol. The van der Waals surface area contributed by atoms with Crippen LogP contribution in [0.4, 0.5) is 19.2 Å². The van der Waals surface area contributed by atoms with Gasteiger partial charge >= 0.3 is 24.6 Å². The SMILES string of the molecule is O=C(O)OC(=O)OC(=O)OC(=O)O.O=C[C@H](O)[C@H](O)CO. The maximum Gasteiger partial charge on any atom is 0.528 e. The molecule has 0 aliphatic heterocycles. The Morgan fingerprint density at radius 2 is 1.29 bits per heavy atom. The molecule has 0 aromatic rings. The van der Waals surface area contributed by atoms with Gasteiger partial charge in [0.25, 0.3) is 0 Å². The van der Waals surface area contributed by atoms with E-state index >= 15 is 0 Å². The van der Waals surface area contributed by atoms with E-state index in [0.29, 0.717) is 0 Å². The van der Waals surface area contributed by atoms with Crippen molar-refractivity contribution in [1.29, 1.82) is 0 Å². The summed E-state index contributed by atoms with van der Waals surface area (Å²) in [7, 11) is 0. The van der Waals surface area contributed by atoms with Crippen molar-refractivity contribution in [2.45, 2.75) is 12.2 Å². The zero-order valence-corrected chi connectivity index (χ0v) is 9.94. The van der Waals surface area contributed by atoms with Gasteiger partial charge in [-0.25, -0.2) is 19.2 Å². The van der Waals surface area contributed by atoms with E-state index in [0.717, 1.165) is 0 Å². The zero-order valence-electron chi connectivity index (χ0n) is 9.94. The van der Waals surface area contributed by atoms with Crippen LogP contribution < -0.4 is 0 Å². The molecule has 0 aliphatic carbocycles. The maximum absolute atomic E-state index is 10.1. The average Bonchev–Trinajstić information content (AvgIpc) is 2.35. The third-order valence-corrected chi connectivity index (χ3v) is 1.23. The number of carbonyl (C=O) groups is 5. The molecule has 0 saturated heterocycles. The summed E-state index contributed by atoms with van der Waals surface area (Å²) in [6.45, 7) is -0.597. The maximum atomic E-state index is 10.1. The lowest BCUT2D eigenvalue weighted by molar-refractivity contribution is -0.121. The van der Waals surface area contributed by atoms with Crippen LogP contribution >= 0.6 is 0 Å². The van der Waals surface area contributed by atoms with Gasteiger partial charge in [-0.05, 0) is 0 Å². The lowest BCUT2D eigenvalue weighted by Crippen LogP contribution is -2.30. The van der Waals surface area contributed by atoms with Crippen LogP contribution in [-0.2, 0) is 19.0 Å². The third kappa shape index (κ3) is 13.5. The minimum atomic E-state index is -2.01. The predicted molar refractivity (Wildman–Crippen MR) is 55.3 cm³/mol. The summed E-state index contributed by atoms with van der Waals surface area (Å²) in [4.78, 5) is 49.1. The fraction of sp³-hybridized carbons (Fsp3) is 0.375. The second-order valence-corrected chi connectivity index (χ2v) is 2.71. The van der Waals surface area contributed by atoms with E-state index in [1.165, 1.54) is 0 Å². The Labute approximate surface area is 114 Å². The molecule has 21 heavy (non-hydrogen) atoms. The molecule has 0 radical (unpaired) electrons. The molecule has 0 unspecified atom stereocenters. The standard InChI is InChI=1S/C4H2O9.C4H8O4/c5-1(6)11-3(9)13-4(10)12-2(7)8;5-1-3(7)4(8)2-6/h(H,5,6)(H,7,8);1,3-4,6-8H,2H2/t;3-,4+/m.0/s1. The van der Waals surface area contributed by atoms with Crippen LogP contribution in [0.5, 0.6) is 0 Å². The van der Waals surface area contributed by atoms with E-state index in [2.05, 4.69) is 14.2 Å². The number of carbonyl (C=O) groups excluding carboxylic acids is 3. The third-order valence-electron chi connectivity index (χ3n) is 1.23. The zero-order chi connectivity index (χ0) is 17.0. The number of hydrogen-bond acceptors (Lipinski definition) is 11. The number of ether oxygens (including phenoxy) is 3. The molecule has 13 heteroatoms. The lowest BCUT2D eigenvalue weighted by atomic mass is 10.2. The highest BCUT2D eigenvalue weighted by molar-refractivity contribution is 5.86. The van der Waals surface area contributed by atoms with E-state index < -0.39 is 43.4 Å². The fourth-order valence-corrected chi connectivity index (χ4v) is 0.451. The van der Waals surface area contributed by atoms with Crippen LogP contribution in [0, 0.1) is 0 Å². The molecule has 2 atom stereocenters. The summed E-state index contributed by atoms with van der Waals surface area (Å²) in [6, 6.07) is 0. The van der Waals surface area contributed by atoms with Crippen LogP contribution in [0.25, 0.3) is 0 Å². The van der Waals surface area contributed by atoms with Gasteiger partial charge in [0.1, 0.15) is 12.2 Å². The molecule has 0 spiro atoms. The van der Waals surface area contributed by atoms with E-state index in [9.17, 15) is 24.0 Å². The number of hydrogen-bond donors (Lipinski definition) is 5. The minimum absolute atomic E-state index is 0.168. The summed E-state index contributed by atoms with van der Waals surface area (Å²) >= 11 is 0. The van der Waals surface area contributed by atoms with Gasteiger partial charge in [-0.1, -0.05) is 0 Å². The number of carboxylic acid groups (broad SMARTS) is 2. The number of aliphatic hydroxyl groups excluding tert-OH is 3. The van der Waals surface area contributed by atoms with Crippen molar-refractivity contribution in [3.05, 3.63) is 0 Å². The molecular formula is C8H10O13. The normalized spacial score (nSPS) is 11.8. The Hall–Kier alpha value is -2.77. The molecule has 0 bridgehead atoms. The van der Waals surface area contributed by atoms with Gasteiger partial charge in [0, 0.05) is 0 Å². The molecule has 120 valence electrons. The van der Waals surface area contributed by atoms with Crippen molar-refractivity contribution < 1.29 is 63.7 Å². The number of aldehydes is 1. The van der Waals surface area contributed by atoms with Gasteiger partial charge in [-0.15, -0.1) is 0 Å². The van der Waals surface area contributed by atoms with Gasteiger partial charge in [0.05, 0.1) is 6.61 Å². The molecular weight excluding hydrogens is 304 g/mol. The first kappa shape index (κ1) is 20.5. The van der Waals surface area contributed by atoms with Gasteiger partial charge in [0.2, 0.25) is 0 Å². The van der Waals surface area contributed by atoms with E-state index in [4.69, 9.17) is 25.5 Å². The fourth-order valence-electron chi connectivity index (χ4n) is 0.451. The van der Waals surface area contributed by atoms with Crippen molar-refractivity contribution in [2.75, 3.05) is 6.61 Å². The highest BCUT2D eigenvalue weighted by Gasteiger charge is 2.18. The van der Waals surface area contributed by atoms with Crippen LogP contribution in [0.15, 0.2) is 0 Å². The molecule has 0 saturated carbocycles. The molecule has 0 aliphatic rings. The topological polar surface area (TPSA) is 214 Å². The van der Waals surface area contributed by atoms with Crippen molar-refractivity contribution in [2.24, 2.45) is 0 Å². The Balaban J connectivity index is 0. The molecule has 13 nitrogen and oxygen atoms in total. The Morgan fingerprint density at radius 1 is 0.905 bits per heavy atom. The van der Waals surface area contributed by atoms with E-state index in [-0.39, 0.29) is 6.29 Å². The molecule has 0 amide bonds. The highest BCUT2D eigenvalue weighted by atomic mass is 16.9. The van der Waals surface area contributed by atoms with Crippen LogP contribution in [-0.4, -0.2) is 75.3 Å². The first-order valence-electron chi connectivity index (χ1n) is 4.63. The van der Waals surface area contributed by atoms with Crippen molar-refractivity contribution >= 4 is 30.9 Å². The largest absolute Gasteiger partial charge is 0.528 e. The summed E-state index contributed by atoms with van der Waals surface area (Å²) in [5.74, 6) is 0. The minimum Gasteiger partial charge on any atom is -0.449 e. The van der Waals surface area contributed by atoms with Crippen LogP contribution in [0.2, 0.25) is 0 Å². The Bertz CT molecular complexity index is 362. The molecule has 0 rings (SSSR count). The van der Waals surface area contributed by atoms with Gasteiger partial charge in [0.15, 0.2) is 6.29 Å².